The maximum absolute atomic E-state index is 14.0. The van der Waals surface area contributed by atoms with Crippen molar-refractivity contribution in [3.8, 4) is 0 Å². The molecule has 2 aromatic rings. The van der Waals surface area contributed by atoms with E-state index in [-0.39, 0.29) is 23.7 Å². The standard InChI is InChI=1S/C18H21F2N/c1-11-7-5-6-8-15(11)13(3)21-14(4)16-10-17(19)12(2)9-18(16)20/h5-10,13-14,21H,1-4H3/t13-,14?/m1/s1. The molecule has 2 rings (SSSR count). The molecule has 3 heteroatoms. The highest BCUT2D eigenvalue weighted by atomic mass is 19.1. The second-order valence-electron chi connectivity index (χ2n) is 5.59. The Kier molecular flexibility index (Phi) is 4.73. The molecular weight excluding hydrogens is 268 g/mol. The van der Waals surface area contributed by atoms with Gasteiger partial charge in [-0.15, -0.1) is 0 Å². The Morgan fingerprint density at radius 1 is 0.810 bits per heavy atom. The largest absolute Gasteiger partial charge is 0.304 e. The van der Waals surface area contributed by atoms with E-state index in [0.29, 0.717) is 11.1 Å². The summed E-state index contributed by atoms with van der Waals surface area (Å²) in [5, 5.41) is 3.33. The topological polar surface area (TPSA) is 12.0 Å². The Morgan fingerprint density at radius 2 is 1.43 bits per heavy atom. The smallest absolute Gasteiger partial charge is 0.128 e. The highest BCUT2D eigenvalue weighted by Gasteiger charge is 2.17. The van der Waals surface area contributed by atoms with Crippen LogP contribution in [0, 0.1) is 25.5 Å². The zero-order chi connectivity index (χ0) is 15.6. The third-order valence-electron chi connectivity index (χ3n) is 3.90. The van der Waals surface area contributed by atoms with Crippen LogP contribution in [0.15, 0.2) is 36.4 Å². The fraction of sp³-hybridized carbons (Fsp3) is 0.333. The van der Waals surface area contributed by atoms with Gasteiger partial charge in [0.05, 0.1) is 0 Å². The van der Waals surface area contributed by atoms with Crippen molar-refractivity contribution in [1.82, 2.24) is 5.32 Å². The van der Waals surface area contributed by atoms with Crippen molar-refractivity contribution in [2.24, 2.45) is 0 Å². The molecule has 1 nitrogen and oxygen atoms in total. The van der Waals surface area contributed by atoms with E-state index in [2.05, 4.69) is 5.32 Å². The second kappa shape index (κ2) is 6.35. The van der Waals surface area contributed by atoms with Crippen LogP contribution in [0.25, 0.3) is 0 Å². The molecule has 1 N–H and O–H groups in total. The van der Waals surface area contributed by atoms with Gasteiger partial charge < -0.3 is 5.32 Å². The molecule has 21 heavy (non-hydrogen) atoms. The number of benzene rings is 2. The lowest BCUT2D eigenvalue weighted by Gasteiger charge is -2.22. The molecule has 0 saturated carbocycles. The summed E-state index contributed by atoms with van der Waals surface area (Å²) in [7, 11) is 0. The van der Waals surface area contributed by atoms with Crippen LogP contribution in [-0.2, 0) is 0 Å². The number of hydrogen-bond donors (Lipinski definition) is 1. The third-order valence-corrected chi connectivity index (χ3v) is 3.90. The van der Waals surface area contributed by atoms with Gasteiger partial charge >= 0.3 is 0 Å². The first-order valence-corrected chi connectivity index (χ1v) is 7.17. The summed E-state index contributed by atoms with van der Waals surface area (Å²) in [4.78, 5) is 0. The van der Waals surface area contributed by atoms with Crippen LogP contribution in [0.1, 0.15) is 48.2 Å². The molecule has 2 aromatic carbocycles. The summed E-state index contributed by atoms with van der Waals surface area (Å²) < 4.78 is 27.7. The predicted molar refractivity (Wildman–Crippen MR) is 82.2 cm³/mol. The van der Waals surface area contributed by atoms with Crippen LogP contribution in [0.2, 0.25) is 0 Å². The number of nitrogens with one attached hydrogen (secondary N) is 1. The molecule has 0 spiro atoms. The van der Waals surface area contributed by atoms with E-state index in [4.69, 9.17) is 0 Å². The molecule has 0 bridgehead atoms. The maximum atomic E-state index is 14.0. The van der Waals surface area contributed by atoms with Gasteiger partial charge in [0.15, 0.2) is 0 Å². The summed E-state index contributed by atoms with van der Waals surface area (Å²) in [6.45, 7) is 7.49. The number of halogens is 2. The molecule has 112 valence electrons. The predicted octanol–water partition coefficient (Wildman–Crippen LogP) is 4.99. The van der Waals surface area contributed by atoms with E-state index >= 15 is 0 Å². The summed E-state index contributed by atoms with van der Waals surface area (Å²) in [5.41, 5.74) is 3.03. The summed E-state index contributed by atoms with van der Waals surface area (Å²) in [6.07, 6.45) is 0. The van der Waals surface area contributed by atoms with Gasteiger partial charge in [0.25, 0.3) is 0 Å². The molecule has 1 unspecified atom stereocenters. The molecule has 0 aliphatic rings. The minimum atomic E-state index is -0.372. The summed E-state index contributed by atoms with van der Waals surface area (Å²) in [5.74, 6) is -0.741. The number of hydrogen-bond acceptors (Lipinski definition) is 1. The van der Waals surface area contributed by atoms with E-state index < -0.39 is 0 Å². The first-order chi connectivity index (χ1) is 9.90. The van der Waals surface area contributed by atoms with Crippen molar-refractivity contribution in [3.05, 3.63) is 70.3 Å². The van der Waals surface area contributed by atoms with Gasteiger partial charge in [0.1, 0.15) is 11.6 Å². The Hall–Kier alpha value is -1.74. The van der Waals surface area contributed by atoms with Crippen molar-refractivity contribution in [1.29, 1.82) is 0 Å². The Morgan fingerprint density at radius 3 is 2.10 bits per heavy atom. The van der Waals surface area contributed by atoms with Gasteiger partial charge in [0.2, 0.25) is 0 Å². The van der Waals surface area contributed by atoms with E-state index in [1.54, 1.807) is 6.92 Å². The molecule has 0 aliphatic carbocycles. The van der Waals surface area contributed by atoms with Crippen LogP contribution in [0.3, 0.4) is 0 Å². The summed E-state index contributed by atoms with van der Waals surface area (Å²) in [6, 6.07) is 10.4. The molecule has 0 amide bonds. The lowest BCUT2D eigenvalue weighted by atomic mass is 9.99. The van der Waals surface area contributed by atoms with E-state index in [0.717, 1.165) is 5.56 Å². The van der Waals surface area contributed by atoms with Crippen LogP contribution in [-0.4, -0.2) is 0 Å². The molecule has 0 heterocycles. The fourth-order valence-corrected chi connectivity index (χ4v) is 2.62. The number of aryl methyl sites for hydroxylation is 2. The molecule has 0 saturated heterocycles. The maximum Gasteiger partial charge on any atom is 0.128 e. The Bertz CT molecular complexity index is 637. The van der Waals surface area contributed by atoms with Crippen molar-refractivity contribution in [2.45, 2.75) is 39.8 Å². The Labute approximate surface area is 125 Å². The van der Waals surface area contributed by atoms with Gasteiger partial charge in [-0.2, -0.15) is 0 Å². The monoisotopic (exact) mass is 289 g/mol. The molecule has 2 atom stereocenters. The first-order valence-electron chi connectivity index (χ1n) is 7.17. The van der Waals surface area contributed by atoms with Crippen LogP contribution >= 0.6 is 0 Å². The molecule has 0 aromatic heterocycles. The highest BCUT2D eigenvalue weighted by molar-refractivity contribution is 5.30. The van der Waals surface area contributed by atoms with E-state index in [9.17, 15) is 8.78 Å². The summed E-state index contributed by atoms with van der Waals surface area (Å²) >= 11 is 0. The minimum absolute atomic E-state index is 0.0602. The third kappa shape index (κ3) is 3.48. The van der Waals surface area contributed by atoms with Crippen molar-refractivity contribution in [3.63, 3.8) is 0 Å². The lowest BCUT2D eigenvalue weighted by molar-refractivity contribution is 0.468. The molecule has 0 fully saturated rings. The molecular formula is C18H21F2N. The fourth-order valence-electron chi connectivity index (χ4n) is 2.62. The van der Waals surface area contributed by atoms with Crippen molar-refractivity contribution < 1.29 is 8.78 Å². The van der Waals surface area contributed by atoms with Crippen LogP contribution in [0.5, 0.6) is 0 Å². The van der Waals surface area contributed by atoms with Gasteiger partial charge in [-0.3, -0.25) is 0 Å². The normalized spacial score (nSPS) is 14.0. The Balaban J connectivity index is 2.20. The van der Waals surface area contributed by atoms with Gasteiger partial charge in [-0.05, 0) is 56.5 Å². The quantitative estimate of drug-likeness (QED) is 0.835. The van der Waals surface area contributed by atoms with Crippen LogP contribution < -0.4 is 5.32 Å². The van der Waals surface area contributed by atoms with E-state index in [1.807, 2.05) is 45.0 Å². The van der Waals surface area contributed by atoms with Gasteiger partial charge in [-0.25, -0.2) is 8.78 Å². The average Bonchev–Trinajstić information content (AvgIpc) is 2.43. The van der Waals surface area contributed by atoms with Crippen molar-refractivity contribution in [2.75, 3.05) is 0 Å². The SMILES string of the molecule is Cc1cc(F)c(C(C)N[C@H](C)c2ccccc2C)cc1F. The highest BCUT2D eigenvalue weighted by Crippen LogP contribution is 2.25. The zero-order valence-electron chi connectivity index (χ0n) is 12.9. The van der Waals surface area contributed by atoms with Gasteiger partial charge in [-0.1, -0.05) is 24.3 Å². The number of rotatable bonds is 4. The zero-order valence-corrected chi connectivity index (χ0v) is 12.9. The molecule has 0 radical (unpaired) electrons. The van der Waals surface area contributed by atoms with Crippen LogP contribution in [0.4, 0.5) is 8.78 Å². The van der Waals surface area contributed by atoms with Crippen molar-refractivity contribution >= 4 is 0 Å². The van der Waals surface area contributed by atoms with E-state index in [1.165, 1.54) is 17.7 Å². The lowest BCUT2D eigenvalue weighted by Crippen LogP contribution is -2.24. The first kappa shape index (κ1) is 15.6. The second-order valence-corrected chi connectivity index (χ2v) is 5.59. The minimum Gasteiger partial charge on any atom is -0.304 e. The molecule has 0 aliphatic heterocycles. The average molecular weight is 289 g/mol. The van der Waals surface area contributed by atoms with Gasteiger partial charge in [0, 0.05) is 17.6 Å².